The highest BCUT2D eigenvalue weighted by atomic mass is 32.1. The Labute approximate surface area is 287 Å². The number of hydrogen-bond donors (Lipinski definition) is 0. The Morgan fingerprint density at radius 3 is 2.00 bits per heavy atom. The molecule has 0 aliphatic rings. The molecule has 0 aliphatic carbocycles. The van der Waals surface area contributed by atoms with Gasteiger partial charge in [-0.3, -0.25) is 0 Å². The number of furan rings is 1. The molecule has 0 spiro atoms. The number of anilines is 3. The van der Waals surface area contributed by atoms with Gasteiger partial charge in [0.25, 0.3) is 0 Å². The molecule has 10 aromatic rings. The lowest BCUT2D eigenvalue weighted by atomic mass is 9.96. The van der Waals surface area contributed by atoms with E-state index in [0.717, 1.165) is 55.5 Å². The number of hydrogen-bond acceptors (Lipinski definition) is 3. The Bertz CT molecular complexity index is 2830. The number of fused-ring (bicyclic) bond motifs is 8. The Balaban J connectivity index is 1.12. The SMILES string of the molecule is c1ccc(N(c2ccc(-c3ccc4c(c3)sc3ccccc34)cc2)c2ccccc2-c2cccc3oc4c5ccccc5ccc4c23)cc1. The molecule has 0 N–H and O–H groups in total. The highest BCUT2D eigenvalue weighted by Gasteiger charge is 2.21. The highest BCUT2D eigenvalue weighted by Crippen LogP contribution is 2.46. The van der Waals surface area contributed by atoms with E-state index in [4.69, 9.17) is 4.42 Å². The minimum Gasteiger partial charge on any atom is -0.455 e. The molecule has 10 rings (SSSR count). The van der Waals surface area contributed by atoms with Gasteiger partial charge in [0.15, 0.2) is 0 Å². The van der Waals surface area contributed by atoms with Crippen molar-refractivity contribution in [2.75, 3.05) is 4.90 Å². The first-order valence-corrected chi connectivity index (χ1v) is 17.4. The molecule has 0 aliphatic heterocycles. The van der Waals surface area contributed by atoms with E-state index < -0.39 is 0 Å². The Kier molecular flexibility index (Phi) is 6.39. The van der Waals surface area contributed by atoms with Crippen LogP contribution in [0.1, 0.15) is 0 Å². The fourth-order valence-corrected chi connectivity index (χ4v) is 8.53. The van der Waals surface area contributed by atoms with Crippen molar-refractivity contribution < 1.29 is 4.42 Å². The number of thiophene rings is 1. The second-order valence-corrected chi connectivity index (χ2v) is 13.6. The van der Waals surface area contributed by atoms with Crippen LogP contribution in [0.5, 0.6) is 0 Å². The van der Waals surface area contributed by atoms with E-state index in [1.807, 2.05) is 11.3 Å². The quantitative estimate of drug-likeness (QED) is 0.186. The summed E-state index contributed by atoms with van der Waals surface area (Å²) in [4.78, 5) is 2.37. The maximum Gasteiger partial charge on any atom is 0.143 e. The summed E-state index contributed by atoms with van der Waals surface area (Å²) < 4.78 is 9.23. The minimum absolute atomic E-state index is 0.893. The van der Waals surface area contributed by atoms with Crippen molar-refractivity contribution in [2.45, 2.75) is 0 Å². The molecule has 0 bridgehead atoms. The third-order valence-electron chi connectivity index (χ3n) is 9.67. The first-order chi connectivity index (χ1) is 24.3. The number of para-hydroxylation sites is 2. The van der Waals surface area contributed by atoms with E-state index in [1.54, 1.807) is 0 Å². The van der Waals surface area contributed by atoms with Gasteiger partial charge in [-0.05, 0) is 76.7 Å². The molecular weight excluding hydrogens is 615 g/mol. The summed E-state index contributed by atoms with van der Waals surface area (Å²) in [5, 5.41) is 7.22. The van der Waals surface area contributed by atoms with Gasteiger partial charge < -0.3 is 9.32 Å². The van der Waals surface area contributed by atoms with Crippen LogP contribution in [0.4, 0.5) is 17.1 Å². The third kappa shape index (κ3) is 4.55. The normalized spacial score (nSPS) is 11.7. The van der Waals surface area contributed by atoms with Crippen molar-refractivity contribution in [3.63, 3.8) is 0 Å². The standard InChI is InChI=1S/C46H29NOS/c1-2-12-33(13-3-1)47(34-25-21-30(22-26-34)32-24-27-38-37-16-7-9-20-43(37)49-44(38)29-32)41-18-8-6-15-36(41)39-17-10-19-42-45(39)40-28-23-31-11-4-5-14-35(31)46(40)48-42/h1-29H. The van der Waals surface area contributed by atoms with Crippen LogP contribution in [0.15, 0.2) is 180 Å². The van der Waals surface area contributed by atoms with Crippen molar-refractivity contribution in [3.05, 3.63) is 176 Å². The summed E-state index contributed by atoms with van der Waals surface area (Å²) in [6.45, 7) is 0. The summed E-state index contributed by atoms with van der Waals surface area (Å²) >= 11 is 1.86. The monoisotopic (exact) mass is 643 g/mol. The maximum atomic E-state index is 6.58. The van der Waals surface area contributed by atoms with Crippen molar-refractivity contribution >= 4 is 81.3 Å². The van der Waals surface area contributed by atoms with Crippen LogP contribution >= 0.6 is 11.3 Å². The predicted octanol–water partition coefficient (Wildman–Crippen LogP) is 13.9. The number of rotatable bonds is 5. The summed E-state index contributed by atoms with van der Waals surface area (Å²) in [7, 11) is 0. The zero-order valence-corrected chi connectivity index (χ0v) is 27.3. The largest absolute Gasteiger partial charge is 0.455 e. The summed E-state index contributed by atoms with van der Waals surface area (Å²) in [6.07, 6.45) is 0. The van der Waals surface area contributed by atoms with E-state index in [2.05, 4.69) is 181 Å². The van der Waals surface area contributed by atoms with Gasteiger partial charge in [-0.2, -0.15) is 0 Å². The second-order valence-electron chi connectivity index (χ2n) is 12.5. The predicted molar refractivity (Wildman–Crippen MR) is 210 cm³/mol. The number of nitrogens with zero attached hydrogens (tertiary/aromatic N) is 1. The van der Waals surface area contributed by atoms with Gasteiger partial charge >= 0.3 is 0 Å². The fourth-order valence-electron chi connectivity index (χ4n) is 7.39. The number of benzene rings is 8. The van der Waals surface area contributed by atoms with Gasteiger partial charge in [0.2, 0.25) is 0 Å². The average molecular weight is 644 g/mol. The van der Waals surface area contributed by atoms with Crippen molar-refractivity contribution in [1.82, 2.24) is 0 Å². The first-order valence-electron chi connectivity index (χ1n) is 16.6. The smallest absolute Gasteiger partial charge is 0.143 e. The van der Waals surface area contributed by atoms with E-state index >= 15 is 0 Å². The molecule has 0 amide bonds. The van der Waals surface area contributed by atoms with Gasteiger partial charge in [0.05, 0.1) is 5.69 Å². The topological polar surface area (TPSA) is 16.4 Å². The molecule has 0 radical (unpaired) electrons. The molecular formula is C46H29NOS. The lowest BCUT2D eigenvalue weighted by molar-refractivity contribution is 0.673. The molecule has 0 atom stereocenters. The van der Waals surface area contributed by atoms with Gasteiger partial charge in [0, 0.05) is 53.3 Å². The van der Waals surface area contributed by atoms with Gasteiger partial charge in [0.1, 0.15) is 11.2 Å². The van der Waals surface area contributed by atoms with Crippen molar-refractivity contribution in [1.29, 1.82) is 0 Å². The molecule has 3 heteroatoms. The fraction of sp³-hybridized carbons (Fsp3) is 0. The van der Waals surface area contributed by atoms with Gasteiger partial charge in [-0.15, -0.1) is 11.3 Å². The van der Waals surface area contributed by atoms with Crippen LogP contribution in [-0.4, -0.2) is 0 Å². The van der Waals surface area contributed by atoms with Gasteiger partial charge in [-0.25, -0.2) is 0 Å². The summed E-state index contributed by atoms with van der Waals surface area (Å²) in [6, 6.07) is 63.1. The summed E-state index contributed by atoms with van der Waals surface area (Å²) in [5.74, 6) is 0. The Morgan fingerprint density at radius 1 is 0.429 bits per heavy atom. The van der Waals surface area contributed by atoms with Crippen LogP contribution in [0.25, 0.3) is 75.1 Å². The molecule has 230 valence electrons. The van der Waals surface area contributed by atoms with Crippen LogP contribution in [-0.2, 0) is 0 Å². The third-order valence-corrected chi connectivity index (χ3v) is 10.8. The first kappa shape index (κ1) is 27.9. The van der Waals surface area contributed by atoms with E-state index in [0.29, 0.717) is 0 Å². The molecule has 0 saturated heterocycles. The molecule has 2 nitrogen and oxygen atoms in total. The van der Waals surface area contributed by atoms with Crippen LogP contribution < -0.4 is 4.90 Å². The van der Waals surface area contributed by atoms with Crippen LogP contribution in [0.3, 0.4) is 0 Å². The molecule has 49 heavy (non-hydrogen) atoms. The Hall–Kier alpha value is -6.16. The average Bonchev–Trinajstić information content (AvgIpc) is 3.74. The highest BCUT2D eigenvalue weighted by molar-refractivity contribution is 7.25. The van der Waals surface area contributed by atoms with Crippen molar-refractivity contribution in [2.24, 2.45) is 0 Å². The zero-order chi connectivity index (χ0) is 32.3. The van der Waals surface area contributed by atoms with Gasteiger partial charge in [-0.1, -0.05) is 121 Å². The maximum absolute atomic E-state index is 6.58. The zero-order valence-electron chi connectivity index (χ0n) is 26.5. The second kappa shape index (κ2) is 11.2. The lowest BCUT2D eigenvalue weighted by Crippen LogP contribution is -2.11. The molecule has 2 heterocycles. The van der Waals surface area contributed by atoms with Crippen LogP contribution in [0, 0.1) is 0 Å². The van der Waals surface area contributed by atoms with E-state index in [-0.39, 0.29) is 0 Å². The van der Waals surface area contributed by atoms with Crippen molar-refractivity contribution in [3.8, 4) is 22.3 Å². The molecule has 0 fully saturated rings. The molecule has 2 aromatic heterocycles. The van der Waals surface area contributed by atoms with E-state index in [1.165, 1.54) is 36.7 Å². The minimum atomic E-state index is 0.893. The van der Waals surface area contributed by atoms with Crippen LogP contribution in [0.2, 0.25) is 0 Å². The Morgan fingerprint density at radius 2 is 1.10 bits per heavy atom. The molecule has 0 saturated carbocycles. The summed E-state index contributed by atoms with van der Waals surface area (Å²) in [5.41, 5.74) is 9.85. The lowest BCUT2D eigenvalue weighted by Gasteiger charge is -2.28. The molecule has 8 aromatic carbocycles. The molecule has 0 unspecified atom stereocenters. The van der Waals surface area contributed by atoms with E-state index in [9.17, 15) is 0 Å².